The first-order chi connectivity index (χ1) is 8.74. The number of carbonyl (C=O) groups is 1. The van der Waals surface area contributed by atoms with Gasteiger partial charge in [-0.05, 0) is 49.1 Å². The second-order valence-electron chi connectivity index (χ2n) is 4.27. The van der Waals surface area contributed by atoms with E-state index in [1.165, 1.54) is 11.9 Å². The maximum Gasteiger partial charge on any atom is 0.351 e. The standard InChI is InChI=1S/C12H15FN2O2S/c13-17-12(16)9-5-7-15(8-6-9)10-1-3-11(18-14)4-2-10/h1-4,9H,5-8,14H2. The molecule has 1 aromatic carbocycles. The van der Waals surface area contributed by atoms with Gasteiger partial charge in [0, 0.05) is 28.2 Å². The minimum atomic E-state index is -0.746. The molecule has 0 saturated carbocycles. The van der Waals surface area contributed by atoms with Gasteiger partial charge in [-0.25, -0.2) is 4.79 Å². The third-order valence-corrected chi connectivity index (χ3v) is 3.79. The lowest BCUT2D eigenvalue weighted by Gasteiger charge is -2.32. The Morgan fingerprint density at radius 1 is 1.33 bits per heavy atom. The number of anilines is 1. The van der Waals surface area contributed by atoms with Crippen LogP contribution in [0.2, 0.25) is 0 Å². The van der Waals surface area contributed by atoms with Crippen molar-refractivity contribution in [2.24, 2.45) is 11.1 Å². The maximum atomic E-state index is 11.8. The van der Waals surface area contributed by atoms with Crippen LogP contribution in [0.4, 0.5) is 10.2 Å². The van der Waals surface area contributed by atoms with Crippen LogP contribution >= 0.6 is 11.9 Å². The number of carbonyl (C=O) groups excluding carboxylic acids is 1. The van der Waals surface area contributed by atoms with Gasteiger partial charge >= 0.3 is 5.97 Å². The lowest BCUT2D eigenvalue weighted by Crippen LogP contribution is -2.36. The highest BCUT2D eigenvalue weighted by Crippen LogP contribution is 2.25. The van der Waals surface area contributed by atoms with Gasteiger partial charge in [0.25, 0.3) is 0 Å². The Morgan fingerprint density at radius 3 is 2.44 bits per heavy atom. The molecule has 0 unspecified atom stereocenters. The Balaban J connectivity index is 1.94. The smallest absolute Gasteiger partial charge is 0.351 e. The third kappa shape index (κ3) is 2.94. The van der Waals surface area contributed by atoms with E-state index in [4.69, 9.17) is 5.14 Å². The maximum absolute atomic E-state index is 11.8. The van der Waals surface area contributed by atoms with Crippen LogP contribution in [-0.2, 0) is 9.74 Å². The van der Waals surface area contributed by atoms with Crippen LogP contribution < -0.4 is 10.0 Å². The molecular formula is C12H15FN2O2S. The van der Waals surface area contributed by atoms with Crippen molar-refractivity contribution in [3.05, 3.63) is 24.3 Å². The zero-order valence-corrected chi connectivity index (χ0v) is 10.7. The fourth-order valence-electron chi connectivity index (χ4n) is 2.17. The van der Waals surface area contributed by atoms with Gasteiger partial charge in [0.1, 0.15) is 0 Å². The first kappa shape index (κ1) is 13.2. The number of halogens is 1. The molecular weight excluding hydrogens is 255 g/mol. The SMILES string of the molecule is NSc1ccc(N2CCC(C(=O)OF)CC2)cc1. The minimum Gasteiger partial charge on any atom is -0.371 e. The Kier molecular flexibility index (Phi) is 4.43. The van der Waals surface area contributed by atoms with Gasteiger partial charge in [-0.1, -0.05) is 0 Å². The number of rotatable bonds is 3. The number of hydrogen-bond acceptors (Lipinski definition) is 5. The summed E-state index contributed by atoms with van der Waals surface area (Å²) in [5, 5.41) is 5.46. The van der Waals surface area contributed by atoms with E-state index < -0.39 is 5.97 Å². The van der Waals surface area contributed by atoms with Gasteiger partial charge in [0.15, 0.2) is 0 Å². The normalized spacial score (nSPS) is 16.7. The number of nitrogens with two attached hydrogens (primary N) is 1. The van der Waals surface area contributed by atoms with Crippen molar-refractivity contribution in [1.82, 2.24) is 0 Å². The van der Waals surface area contributed by atoms with Crippen LogP contribution in [0.25, 0.3) is 0 Å². The first-order valence-electron chi connectivity index (χ1n) is 5.78. The van der Waals surface area contributed by atoms with Crippen molar-refractivity contribution in [1.29, 1.82) is 0 Å². The Labute approximate surface area is 109 Å². The number of piperidine rings is 1. The molecule has 0 aromatic heterocycles. The number of hydrogen-bond donors (Lipinski definition) is 1. The van der Waals surface area contributed by atoms with Gasteiger partial charge in [0.05, 0.1) is 5.92 Å². The summed E-state index contributed by atoms with van der Waals surface area (Å²) in [7, 11) is 0. The van der Waals surface area contributed by atoms with Gasteiger partial charge in [-0.3, -0.25) is 10.1 Å². The predicted octanol–water partition coefficient (Wildman–Crippen LogP) is 2.30. The van der Waals surface area contributed by atoms with Crippen LogP contribution in [0.3, 0.4) is 0 Å². The summed E-state index contributed by atoms with van der Waals surface area (Å²) in [5.41, 5.74) is 1.10. The van der Waals surface area contributed by atoms with Gasteiger partial charge in [0.2, 0.25) is 0 Å². The zero-order valence-electron chi connectivity index (χ0n) is 9.84. The summed E-state index contributed by atoms with van der Waals surface area (Å²) in [5.74, 6) is -1.06. The minimum absolute atomic E-state index is 0.315. The second-order valence-corrected chi connectivity index (χ2v) is 4.98. The topological polar surface area (TPSA) is 55.6 Å². The molecule has 0 radical (unpaired) electrons. The summed E-state index contributed by atoms with van der Waals surface area (Å²) in [4.78, 5) is 17.5. The predicted molar refractivity (Wildman–Crippen MR) is 68.6 cm³/mol. The second kappa shape index (κ2) is 6.06. The summed E-state index contributed by atoms with van der Waals surface area (Å²) < 4.78 is 11.8. The first-order valence-corrected chi connectivity index (χ1v) is 6.66. The molecule has 0 amide bonds. The van der Waals surface area contributed by atoms with Crippen molar-refractivity contribution in [3.8, 4) is 0 Å². The molecule has 0 bridgehead atoms. The molecule has 0 atom stereocenters. The molecule has 1 aliphatic heterocycles. The molecule has 0 aliphatic carbocycles. The van der Waals surface area contributed by atoms with Crippen LogP contribution in [0, 0.1) is 5.92 Å². The monoisotopic (exact) mass is 270 g/mol. The van der Waals surface area contributed by atoms with E-state index in [2.05, 4.69) is 9.84 Å². The summed E-state index contributed by atoms with van der Waals surface area (Å²) in [6, 6.07) is 7.93. The molecule has 0 spiro atoms. The fraction of sp³-hybridized carbons (Fsp3) is 0.417. The molecule has 2 rings (SSSR count). The molecule has 1 saturated heterocycles. The Hall–Kier alpha value is -1.27. The van der Waals surface area contributed by atoms with Crippen LogP contribution in [-0.4, -0.2) is 19.1 Å². The third-order valence-electron chi connectivity index (χ3n) is 3.24. The Bertz CT molecular complexity index is 405. The van der Waals surface area contributed by atoms with Crippen molar-refractivity contribution in [3.63, 3.8) is 0 Å². The summed E-state index contributed by atoms with van der Waals surface area (Å²) >= 11 is 1.21. The van der Waals surface area contributed by atoms with E-state index >= 15 is 0 Å². The van der Waals surface area contributed by atoms with Crippen molar-refractivity contribution in [2.45, 2.75) is 17.7 Å². The van der Waals surface area contributed by atoms with E-state index in [-0.39, 0.29) is 5.92 Å². The molecule has 4 nitrogen and oxygen atoms in total. The molecule has 18 heavy (non-hydrogen) atoms. The molecule has 1 heterocycles. The fourth-order valence-corrected chi connectivity index (χ4v) is 2.47. The largest absolute Gasteiger partial charge is 0.371 e. The summed E-state index contributed by atoms with van der Waals surface area (Å²) in [6.45, 7) is 1.46. The highest BCUT2D eigenvalue weighted by molar-refractivity contribution is 7.97. The van der Waals surface area contributed by atoms with E-state index in [1.54, 1.807) is 0 Å². The van der Waals surface area contributed by atoms with Crippen molar-refractivity contribution >= 4 is 23.6 Å². The Morgan fingerprint density at radius 2 is 1.94 bits per heavy atom. The molecule has 1 aliphatic rings. The number of benzene rings is 1. The number of nitrogens with zero attached hydrogens (tertiary/aromatic N) is 1. The summed E-state index contributed by atoms with van der Waals surface area (Å²) in [6.07, 6.45) is 1.24. The van der Waals surface area contributed by atoms with E-state index in [0.717, 1.165) is 23.7 Å². The highest BCUT2D eigenvalue weighted by atomic mass is 32.2. The van der Waals surface area contributed by atoms with Crippen LogP contribution in [0.5, 0.6) is 0 Å². The molecule has 6 heteroatoms. The van der Waals surface area contributed by atoms with Gasteiger partial charge < -0.3 is 4.90 Å². The highest BCUT2D eigenvalue weighted by Gasteiger charge is 2.26. The lowest BCUT2D eigenvalue weighted by atomic mass is 9.97. The quantitative estimate of drug-likeness (QED) is 0.854. The van der Waals surface area contributed by atoms with E-state index in [9.17, 15) is 9.32 Å². The molecule has 1 fully saturated rings. The molecule has 1 aromatic rings. The lowest BCUT2D eigenvalue weighted by molar-refractivity contribution is -0.189. The van der Waals surface area contributed by atoms with Crippen molar-refractivity contribution in [2.75, 3.05) is 18.0 Å². The van der Waals surface area contributed by atoms with E-state index in [0.29, 0.717) is 12.8 Å². The molecule has 2 N–H and O–H groups in total. The molecule has 98 valence electrons. The van der Waals surface area contributed by atoms with Crippen molar-refractivity contribution < 1.29 is 14.3 Å². The van der Waals surface area contributed by atoms with Crippen LogP contribution in [0.1, 0.15) is 12.8 Å². The zero-order chi connectivity index (χ0) is 13.0. The average molecular weight is 270 g/mol. The average Bonchev–Trinajstić information content (AvgIpc) is 2.47. The van der Waals surface area contributed by atoms with E-state index in [1.807, 2.05) is 24.3 Å². The van der Waals surface area contributed by atoms with Crippen LogP contribution in [0.15, 0.2) is 29.2 Å². The van der Waals surface area contributed by atoms with Gasteiger partial charge in [-0.15, -0.1) is 0 Å². The van der Waals surface area contributed by atoms with Gasteiger partial charge in [-0.2, -0.15) is 0 Å².